The summed E-state index contributed by atoms with van der Waals surface area (Å²) in [4.78, 5) is 15.8. The molecule has 2 rings (SSSR count). The Bertz CT molecular complexity index is 511. The third-order valence-electron chi connectivity index (χ3n) is 2.86. The third kappa shape index (κ3) is 2.01. The lowest BCUT2D eigenvalue weighted by Gasteiger charge is -2.18. The van der Waals surface area contributed by atoms with E-state index >= 15 is 0 Å². The molecule has 0 spiro atoms. The van der Waals surface area contributed by atoms with Crippen LogP contribution >= 0.6 is 0 Å². The Morgan fingerprint density at radius 3 is 3.00 bits per heavy atom. The summed E-state index contributed by atoms with van der Waals surface area (Å²) in [7, 11) is 0. The van der Waals surface area contributed by atoms with Crippen LogP contribution in [-0.2, 0) is 11.2 Å². The molecule has 0 saturated heterocycles. The minimum absolute atomic E-state index is 0.00125. The van der Waals surface area contributed by atoms with Crippen LogP contribution in [0.4, 0.5) is 0 Å². The van der Waals surface area contributed by atoms with E-state index in [-0.39, 0.29) is 17.9 Å². The molecule has 0 aliphatic heterocycles. The molecule has 0 aromatic carbocycles. The number of ether oxygens (including phenoxy) is 1. The first-order valence-corrected chi connectivity index (χ1v) is 5.78. The van der Waals surface area contributed by atoms with Crippen LogP contribution in [0, 0.1) is 0 Å². The Balaban J connectivity index is 2.51. The van der Waals surface area contributed by atoms with Crippen molar-refractivity contribution in [2.45, 2.75) is 26.2 Å². The second kappa shape index (κ2) is 5.03. The van der Waals surface area contributed by atoms with E-state index in [1.807, 2.05) is 0 Å². The van der Waals surface area contributed by atoms with Gasteiger partial charge >= 0.3 is 5.97 Å². The number of rotatable bonds is 2. The van der Waals surface area contributed by atoms with Gasteiger partial charge in [-0.2, -0.15) is 0 Å². The van der Waals surface area contributed by atoms with Gasteiger partial charge in [0.05, 0.1) is 23.6 Å². The zero-order chi connectivity index (χ0) is 13.1. The number of aromatic hydroxyl groups is 1. The highest BCUT2D eigenvalue weighted by Crippen LogP contribution is 2.31. The van der Waals surface area contributed by atoms with Crippen LogP contribution in [0.3, 0.4) is 0 Å². The normalized spacial score (nSPS) is 16.4. The number of hydrogen-bond donors (Lipinski definition) is 2. The predicted octanol–water partition coefficient (Wildman–Crippen LogP) is 1.48. The second-order valence-electron chi connectivity index (χ2n) is 3.96. The van der Waals surface area contributed by atoms with E-state index in [0.29, 0.717) is 29.8 Å². The number of carbonyl (C=O) groups excluding carboxylic acids is 1. The average Bonchev–Trinajstić information content (AvgIpc) is 2.38. The predicted molar refractivity (Wildman–Crippen MR) is 63.1 cm³/mol. The summed E-state index contributed by atoms with van der Waals surface area (Å²) in [5.74, 6) is -0.848. The van der Waals surface area contributed by atoms with Crippen molar-refractivity contribution in [2.75, 3.05) is 6.61 Å². The number of oxime groups is 1. The highest BCUT2D eigenvalue weighted by Gasteiger charge is 2.26. The topological polar surface area (TPSA) is 92.0 Å². The molecule has 0 radical (unpaired) electrons. The lowest BCUT2D eigenvalue weighted by Crippen LogP contribution is -2.16. The number of aryl methyl sites for hydroxylation is 1. The second-order valence-corrected chi connectivity index (χ2v) is 3.96. The first-order chi connectivity index (χ1) is 8.69. The van der Waals surface area contributed by atoms with Gasteiger partial charge in [-0.25, -0.2) is 4.79 Å². The molecule has 6 heteroatoms. The molecular weight excluding hydrogens is 236 g/mol. The van der Waals surface area contributed by atoms with Gasteiger partial charge in [-0.15, -0.1) is 0 Å². The Hall–Kier alpha value is -2.11. The first kappa shape index (κ1) is 12.3. The van der Waals surface area contributed by atoms with Gasteiger partial charge < -0.3 is 15.1 Å². The van der Waals surface area contributed by atoms with Gasteiger partial charge in [-0.3, -0.25) is 4.98 Å². The van der Waals surface area contributed by atoms with Crippen molar-refractivity contribution >= 4 is 11.7 Å². The number of aromatic nitrogens is 1. The molecule has 6 nitrogen and oxygen atoms in total. The van der Waals surface area contributed by atoms with Crippen molar-refractivity contribution < 1.29 is 19.8 Å². The van der Waals surface area contributed by atoms with Gasteiger partial charge in [-0.1, -0.05) is 5.16 Å². The summed E-state index contributed by atoms with van der Waals surface area (Å²) in [6.45, 7) is 1.90. The molecule has 0 unspecified atom stereocenters. The Morgan fingerprint density at radius 1 is 1.56 bits per heavy atom. The summed E-state index contributed by atoms with van der Waals surface area (Å²) in [5, 5.41) is 22.2. The maximum atomic E-state index is 11.6. The van der Waals surface area contributed by atoms with E-state index in [2.05, 4.69) is 10.1 Å². The van der Waals surface area contributed by atoms with Crippen LogP contribution in [0.15, 0.2) is 11.4 Å². The first-order valence-electron chi connectivity index (χ1n) is 5.78. The summed E-state index contributed by atoms with van der Waals surface area (Å²) in [6.07, 6.45) is 3.33. The molecule has 1 aliphatic carbocycles. The molecule has 1 aromatic rings. The number of esters is 1. The van der Waals surface area contributed by atoms with Gasteiger partial charge in [0.15, 0.2) is 0 Å². The van der Waals surface area contributed by atoms with Gasteiger partial charge in [0.1, 0.15) is 11.3 Å². The zero-order valence-corrected chi connectivity index (χ0v) is 10.0. The molecule has 0 atom stereocenters. The summed E-state index contributed by atoms with van der Waals surface area (Å²) >= 11 is 0. The molecular formula is C12H14N2O4. The van der Waals surface area contributed by atoms with Crippen molar-refractivity contribution in [3.63, 3.8) is 0 Å². The van der Waals surface area contributed by atoms with E-state index in [1.54, 1.807) is 6.92 Å². The van der Waals surface area contributed by atoms with Crippen molar-refractivity contribution in [1.29, 1.82) is 0 Å². The number of fused-ring (bicyclic) bond motifs is 1. The SMILES string of the molecule is CCOC(=O)c1cnc2c(c1O)/C(=N/O)CCC2. The Labute approximate surface area is 104 Å². The quantitative estimate of drug-likeness (QED) is 0.471. The highest BCUT2D eigenvalue weighted by molar-refractivity contribution is 6.07. The minimum Gasteiger partial charge on any atom is -0.506 e. The molecule has 0 saturated carbocycles. The molecule has 2 N–H and O–H groups in total. The molecule has 1 aromatic heterocycles. The lowest BCUT2D eigenvalue weighted by atomic mass is 9.92. The maximum absolute atomic E-state index is 11.6. The lowest BCUT2D eigenvalue weighted by molar-refractivity contribution is 0.0522. The summed E-state index contributed by atoms with van der Waals surface area (Å²) in [5.41, 5.74) is 1.35. The van der Waals surface area contributed by atoms with Crippen molar-refractivity contribution in [3.05, 3.63) is 23.0 Å². The van der Waals surface area contributed by atoms with E-state index in [1.165, 1.54) is 6.20 Å². The fraction of sp³-hybridized carbons (Fsp3) is 0.417. The molecule has 0 amide bonds. The monoisotopic (exact) mass is 250 g/mol. The average molecular weight is 250 g/mol. The Kier molecular flexibility index (Phi) is 3.45. The number of pyridine rings is 1. The minimum atomic E-state index is -0.631. The molecule has 1 heterocycles. The fourth-order valence-electron chi connectivity index (χ4n) is 2.04. The molecule has 1 aliphatic rings. The van der Waals surface area contributed by atoms with Gasteiger partial charge in [0.2, 0.25) is 0 Å². The largest absolute Gasteiger partial charge is 0.506 e. The van der Waals surface area contributed by atoms with Crippen molar-refractivity contribution in [1.82, 2.24) is 4.98 Å². The standard InChI is InChI=1S/C12H14N2O4/c1-2-18-12(16)7-6-13-8-4-3-5-9(14-17)10(8)11(7)15/h6,17H,2-5H2,1H3,(H,13,15)/b14-9+. The summed E-state index contributed by atoms with van der Waals surface area (Å²) < 4.78 is 4.83. The smallest absolute Gasteiger partial charge is 0.343 e. The van der Waals surface area contributed by atoms with Crippen molar-refractivity contribution in [3.8, 4) is 5.75 Å². The maximum Gasteiger partial charge on any atom is 0.343 e. The Morgan fingerprint density at radius 2 is 2.33 bits per heavy atom. The van der Waals surface area contributed by atoms with Gasteiger partial charge in [0.25, 0.3) is 0 Å². The third-order valence-corrected chi connectivity index (χ3v) is 2.86. The molecule has 0 fully saturated rings. The number of nitrogens with zero attached hydrogens (tertiary/aromatic N) is 2. The number of hydrogen-bond acceptors (Lipinski definition) is 6. The molecule has 18 heavy (non-hydrogen) atoms. The van der Waals surface area contributed by atoms with Gasteiger partial charge in [-0.05, 0) is 26.2 Å². The van der Waals surface area contributed by atoms with Crippen LogP contribution in [-0.4, -0.2) is 33.6 Å². The molecule has 0 bridgehead atoms. The van der Waals surface area contributed by atoms with Crippen LogP contribution in [0.2, 0.25) is 0 Å². The van der Waals surface area contributed by atoms with E-state index in [9.17, 15) is 9.90 Å². The van der Waals surface area contributed by atoms with Crippen LogP contribution in [0.1, 0.15) is 41.4 Å². The number of carbonyl (C=O) groups is 1. The summed E-state index contributed by atoms with van der Waals surface area (Å²) in [6, 6.07) is 0. The van der Waals surface area contributed by atoms with Crippen LogP contribution in [0.25, 0.3) is 0 Å². The van der Waals surface area contributed by atoms with Crippen LogP contribution < -0.4 is 0 Å². The zero-order valence-electron chi connectivity index (χ0n) is 10.0. The van der Waals surface area contributed by atoms with Crippen LogP contribution in [0.5, 0.6) is 5.75 Å². The fourth-order valence-corrected chi connectivity index (χ4v) is 2.04. The van der Waals surface area contributed by atoms with E-state index < -0.39 is 5.97 Å². The van der Waals surface area contributed by atoms with E-state index in [4.69, 9.17) is 9.94 Å². The van der Waals surface area contributed by atoms with Crippen molar-refractivity contribution in [2.24, 2.45) is 5.16 Å². The highest BCUT2D eigenvalue weighted by atomic mass is 16.5. The molecule has 96 valence electrons. The van der Waals surface area contributed by atoms with Gasteiger partial charge in [0, 0.05) is 6.20 Å². The van der Waals surface area contributed by atoms with E-state index in [0.717, 1.165) is 6.42 Å².